The highest BCUT2D eigenvalue weighted by Crippen LogP contribution is 2.22. The molecule has 0 spiro atoms. The van der Waals surface area contributed by atoms with Crippen LogP contribution in [0.1, 0.15) is 11.1 Å². The average molecular weight is 324 g/mol. The van der Waals surface area contributed by atoms with Gasteiger partial charge in [-0.05, 0) is 29.8 Å². The molecule has 1 aliphatic rings. The molecular weight excluding hydrogens is 312 g/mol. The Balaban J connectivity index is 1.94. The van der Waals surface area contributed by atoms with E-state index in [1.165, 1.54) is 31.4 Å². The van der Waals surface area contributed by atoms with E-state index in [9.17, 15) is 14.9 Å². The number of ether oxygens (including phenoxy) is 2. The largest absolute Gasteiger partial charge is 0.497 e. The Labute approximate surface area is 137 Å². The van der Waals surface area contributed by atoms with Gasteiger partial charge in [0.2, 0.25) is 5.90 Å². The second kappa shape index (κ2) is 6.33. The zero-order chi connectivity index (χ0) is 17.1. The molecular formula is C17H12N2O5. The molecule has 2 aromatic rings. The van der Waals surface area contributed by atoms with Gasteiger partial charge in [-0.15, -0.1) is 0 Å². The number of non-ortho nitro benzene ring substituents is 1. The molecule has 0 fully saturated rings. The van der Waals surface area contributed by atoms with Gasteiger partial charge in [-0.2, -0.15) is 0 Å². The molecule has 0 atom stereocenters. The molecule has 24 heavy (non-hydrogen) atoms. The molecule has 120 valence electrons. The van der Waals surface area contributed by atoms with Crippen LogP contribution in [0.4, 0.5) is 5.69 Å². The lowest BCUT2D eigenvalue weighted by Gasteiger charge is -2.02. The fraction of sp³-hybridized carbons (Fsp3) is 0.0588. The van der Waals surface area contributed by atoms with Crippen LogP contribution >= 0.6 is 0 Å². The van der Waals surface area contributed by atoms with Crippen LogP contribution in [0.15, 0.2) is 59.2 Å². The highest BCUT2D eigenvalue weighted by Gasteiger charge is 2.24. The van der Waals surface area contributed by atoms with E-state index < -0.39 is 10.9 Å². The molecule has 2 aromatic carbocycles. The highest BCUT2D eigenvalue weighted by atomic mass is 16.6. The number of rotatable bonds is 4. The van der Waals surface area contributed by atoms with Crippen molar-refractivity contribution in [3.8, 4) is 5.75 Å². The first-order valence-electron chi connectivity index (χ1n) is 6.98. The van der Waals surface area contributed by atoms with Crippen molar-refractivity contribution in [3.05, 3.63) is 75.5 Å². The minimum Gasteiger partial charge on any atom is -0.497 e. The first kappa shape index (κ1) is 15.4. The van der Waals surface area contributed by atoms with Gasteiger partial charge in [0.05, 0.1) is 12.0 Å². The summed E-state index contributed by atoms with van der Waals surface area (Å²) in [6, 6.07) is 12.9. The Bertz CT molecular complexity index is 886. The van der Waals surface area contributed by atoms with E-state index >= 15 is 0 Å². The number of carbonyl (C=O) groups excluding carboxylic acids is 1. The second-order valence-corrected chi connectivity index (χ2v) is 4.92. The van der Waals surface area contributed by atoms with Gasteiger partial charge in [0.15, 0.2) is 5.70 Å². The van der Waals surface area contributed by atoms with Gasteiger partial charge in [-0.25, -0.2) is 9.79 Å². The number of benzene rings is 2. The Morgan fingerprint density at radius 1 is 1.21 bits per heavy atom. The van der Waals surface area contributed by atoms with Crippen molar-refractivity contribution in [2.24, 2.45) is 4.99 Å². The first-order chi connectivity index (χ1) is 11.6. The van der Waals surface area contributed by atoms with Crippen LogP contribution in [-0.2, 0) is 9.53 Å². The molecule has 7 nitrogen and oxygen atoms in total. The molecule has 0 saturated heterocycles. The van der Waals surface area contributed by atoms with E-state index in [1.807, 2.05) is 0 Å². The van der Waals surface area contributed by atoms with E-state index in [4.69, 9.17) is 9.47 Å². The fourth-order valence-electron chi connectivity index (χ4n) is 2.17. The maximum atomic E-state index is 12.0. The summed E-state index contributed by atoms with van der Waals surface area (Å²) in [5, 5.41) is 10.8. The summed E-state index contributed by atoms with van der Waals surface area (Å²) in [7, 11) is 1.54. The number of cyclic esters (lactones) is 1. The highest BCUT2D eigenvalue weighted by molar-refractivity contribution is 6.13. The van der Waals surface area contributed by atoms with Gasteiger partial charge < -0.3 is 9.47 Å². The van der Waals surface area contributed by atoms with Crippen LogP contribution in [0.2, 0.25) is 0 Å². The van der Waals surface area contributed by atoms with E-state index in [2.05, 4.69) is 4.99 Å². The van der Waals surface area contributed by atoms with Gasteiger partial charge >= 0.3 is 5.97 Å². The van der Waals surface area contributed by atoms with Crippen LogP contribution in [0.3, 0.4) is 0 Å². The zero-order valence-corrected chi connectivity index (χ0v) is 12.6. The van der Waals surface area contributed by atoms with Gasteiger partial charge in [0.25, 0.3) is 5.69 Å². The predicted octanol–water partition coefficient (Wildman–Crippen LogP) is 2.95. The number of carbonyl (C=O) groups is 1. The lowest BCUT2D eigenvalue weighted by atomic mass is 10.1. The Morgan fingerprint density at radius 3 is 2.75 bits per heavy atom. The SMILES string of the molecule is COc1cccc(C2=N/C(=C\c3cccc([N+](=O)[O-])c3)C(=O)O2)c1. The quantitative estimate of drug-likeness (QED) is 0.373. The molecule has 0 unspecified atom stereocenters. The van der Waals surface area contributed by atoms with Gasteiger partial charge in [-0.3, -0.25) is 10.1 Å². The molecule has 0 amide bonds. The number of hydrogen-bond acceptors (Lipinski definition) is 6. The number of methoxy groups -OCH3 is 1. The molecule has 0 aliphatic carbocycles. The van der Waals surface area contributed by atoms with Crippen molar-refractivity contribution in [1.29, 1.82) is 0 Å². The van der Waals surface area contributed by atoms with Gasteiger partial charge in [0, 0.05) is 17.7 Å². The predicted molar refractivity (Wildman–Crippen MR) is 86.7 cm³/mol. The number of esters is 1. The minimum atomic E-state index is -0.612. The monoisotopic (exact) mass is 324 g/mol. The Hall–Kier alpha value is -3.48. The van der Waals surface area contributed by atoms with Crippen molar-refractivity contribution in [2.75, 3.05) is 7.11 Å². The minimum absolute atomic E-state index is 0.0623. The summed E-state index contributed by atoms with van der Waals surface area (Å²) in [6.07, 6.45) is 1.45. The number of nitro benzene ring substituents is 1. The third kappa shape index (κ3) is 3.14. The lowest BCUT2D eigenvalue weighted by Crippen LogP contribution is -2.05. The maximum Gasteiger partial charge on any atom is 0.363 e. The fourth-order valence-corrected chi connectivity index (χ4v) is 2.17. The van der Waals surface area contributed by atoms with Crippen LogP contribution in [0.5, 0.6) is 5.75 Å². The molecule has 0 aromatic heterocycles. The number of nitro groups is 1. The van der Waals surface area contributed by atoms with E-state index in [1.54, 1.807) is 30.3 Å². The summed E-state index contributed by atoms with van der Waals surface area (Å²) in [5.41, 5.74) is 1.11. The summed E-state index contributed by atoms with van der Waals surface area (Å²) in [5.74, 6) is 0.164. The first-order valence-corrected chi connectivity index (χ1v) is 6.98. The summed E-state index contributed by atoms with van der Waals surface area (Å²) >= 11 is 0. The van der Waals surface area contributed by atoms with Gasteiger partial charge in [0.1, 0.15) is 5.75 Å². The smallest absolute Gasteiger partial charge is 0.363 e. The molecule has 1 heterocycles. The third-order valence-corrected chi connectivity index (χ3v) is 3.32. The third-order valence-electron chi connectivity index (χ3n) is 3.32. The second-order valence-electron chi connectivity index (χ2n) is 4.92. The standard InChI is InChI=1S/C17H12N2O5/c1-23-14-7-3-5-12(10-14)16-18-15(17(20)24-16)9-11-4-2-6-13(8-11)19(21)22/h2-10H,1H3/b15-9-. The van der Waals surface area contributed by atoms with Crippen LogP contribution < -0.4 is 4.74 Å². The van der Waals surface area contributed by atoms with Crippen molar-refractivity contribution in [2.45, 2.75) is 0 Å². The average Bonchev–Trinajstić information content (AvgIpc) is 2.96. The van der Waals surface area contributed by atoms with E-state index in [0.29, 0.717) is 16.9 Å². The van der Waals surface area contributed by atoms with Crippen LogP contribution in [-0.4, -0.2) is 23.9 Å². The van der Waals surface area contributed by atoms with Crippen molar-refractivity contribution in [3.63, 3.8) is 0 Å². The number of aliphatic imine (C=N–C) groups is 1. The summed E-state index contributed by atoms with van der Waals surface area (Å²) in [6.45, 7) is 0. The van der Waals surface area contributed by atoms with Crippen molar-refractivity contribution in [1.82, 2.24) is 0 Å². The topological polar surface area (TPSA) is 91.0 Å². The zero-order valence-electron chi connectivity index (χ0n) is 12.6. The molecule has 0 bridgehead atoms. The summed E-state index contributed by atoms with van der Waals surface area (Å²) in [4.78, 5) is 26.4. The Kier molecular flexibility index (Phi) is 4.07. The van der Waals surface area contributed by atoms with E-state index in [-0.39, 0.29) is 17.3 Å². The maximum absolute atomic E-state index is 12.0. The molecule has 1 aliphatic heterocycles. The van der Waals surface area contributed by atoms with Crippen LogP contribution in [0, 0.1) is 10.1 Å². The molecule has 7 heteroatoms. The molecule has 0 N–H and O–H groups in total. The van der Waals surface area contributed by atoms with Crippen molar-refractivity contribution >= 4 is 23.6 Å². The van der Waals surface area contributed by atoms with Crippen LogP contribution in [0.25, 0.3) is 6.08 Å². The number of hydrogen-bond donors (Lipinski definition) is 0. The van der Waals surface area contributed by atoms with E-state index in [0.717, 1.165) is 0 Å². The molecule has 3 rings (SSSR count). The van der Waals surface area contributed by atoms with Crippen molar-refractivity contribution < 1.29 is 19.2 Å². The number of nitrogens with zero attached hydrogens (tertiary/aromatic N) is 2. The van der Waals surface area contributed by atoms with Gasteiger partial charge in [-0.1, -0.05) is 18.2 Å². The lowest BCUT2D eigenvalue weighted by molar-refractivity contribution is -0.384. The Morgan fingerprint density at radius 2 is 2.00 bits per heavy atom. The normalized spacial score (nSPS) is 15.1. The molecule has 0 radical (unpaired) electrons. The summed E-state index contributed by atoms with van der Waals surface area (Å²) < 4.78 is 10.3. The molecule has 0 saturated carbocycles.